The second kappa shape index (κ2) is 6.81. The van der Waals surface area contributed by atoms with Crippen molar-refractivity contribution in [2.75, 3.05) is 5.75 Å². The van der Waals surface area contributed by atoms with E-state index >= 15 is 0 Å². The maximum Gasteiger partial charge on any atom is 0.266 e. The second-order valence-corrected chi connectivity index (χ2v) is 5.80. The van der Waals surface area contributed by atoms with Gasteiger partial charge < -0.3 is 0 Å². The molecule has 1 aromatic heterocycles. The normalized spacial score (nSPS) is 11.3. The highest BCUT2D eigenvalue weighted by molar-refractivity contribution is 7.99. The molecule has 0 saturated carbocycles. The van der Waals surface area contributed by atoms with E-state index in [4.69, 9.17) is 11.6 Å². The zero-order chi connectivity index (χ0) is 15.4. The predicted octanol–water partition coefficient (Wildman–Crippen LogP) is 4.23. The Kier molecular flexibility index (Phi) is 4.61. The van der Waals surface area contributed by atoms with Crippen molar-refractivity contribution in [3.63, 3.8) is 0 Å². The minimum atomic E-state index is -0.0610. The summed E-state index contributed by atoms with van der Waals surface area (Å²) < 4.78 is 1.65. The summed E-state index contributed by atoms with van der Waals surface area (Å²) in [6, 6.07) is 16.9. The van der Waals surface area contributed by atoms with Crippen molar-refractivity contribution in [3.05, 3.63) is 76.6 Å². The molecule has 110 valence electrons. The van der Waals surface area contributed by atoms with Crippen molar-refractivity contribution in [3.8, 4) is 5.69 Å². The number of halogens is 1. The number of benzene rings is 2. The summed E-state index contributed by atoms with van der Waals surface area (Å²) in [5, 5.41) is 1.27. The van der Waals surface area contributed by atoms with Crippen LogP contribution in [0.15, 0.2) is 76.2 Å². The maximum absolute atomic E-state index is 12.8. The molecule has 22 heavy (non-hydrogen) atoms. The Morgan fingerprint density at radius 3 is 2.59 bits per heavy atom. The van der Waals surface area contributed by atoms with Crippen molar-refractivity contribution in [1.29, 1.82) is 0 Å². The lowest BCUT2D eigenvalue weighted by Crippen LogP contribution is -2.21. The standard InChI is InChI=1S/C17H13ClN2OS/c18-11-6-12-22-17-19-15-10-5-4-9-14(15)16(21)20(17)13-7-2-1-3-8-13/h1-11H,12H2/b11-6+. The number of hydrogen-bond acceptors (Lipinski definition) is 3. The van der Waals surface area contributed by atoms with Crippen molar-refractivity contribution in [1.82, 2.24) is 9.55 Å². The fourth-order valence-electron chi connectivity index (χ4n) is 2.17. The van der Waals surface area contributed by atoms with Gasteiger partial charge in [0.2, 0.25) is 0 Å². The van der Waals surface area contributed by atoms with E-state index in [0.29, 0.717) is 21.8 Å². The highest BCUT2D eigenvalue weighted by Crippen LogP contribution is 2.21. The number of para-hydroxylation sites is 2. The summed E-state index contributed by atoms with van der Waals surface area (Å²) in [4.78, 5) is 17.5. The summed E-state index contributed by atoms with van der Waals surface area (Å²) >= 11 is 7.04. The molecule has 0 aliphatic carbocycles. The van der Waals surface area contributed by atoms with E-state index < -0.39 is 0 Å². The van der Waals surface area contributed by atoms with Gasteiger partial charge in [0, 0.05) is 11.3 Å². The van der Waals surface area contributed by atoms with Crippen molar-refractivity contribution in [2.24, 2.45) is 0 Å². The monoisotopic (exact) mass is 328 g/mol. The predicted molar refractivity (Wildman–Crippen MR) is 93.1 cm³/mol. The minimum absolute atomic E-state index is 0.0610. The smallest absolute Gasteiger partial charge is 0.266 e. The van der Waals surface area contributed by atoms with E-state index in [1.165, 1.54) is 17.3 Å². The topological polar surface area (TPSA) is 34.9 Å². The second-order valence-electron chi connectivity index (χ2n) is 4.56. The summed E-state index contributed by atoms with van der Waals surface area (Å²) in [6.07, 6.45) is 1.82. The van der Waals surface area contributed by atoms with E-state index in [9.17, 15) is 4.79 Å². The van der Waals surface area contributed by atoms with Gasteiger partial charge in [-0.15, -0.1) is 0 Å². The van der Waals surface area contributed by atoms with Crippen LogP contribution < -0.4 is 5.56 Å². The maximum atomic E-state index is 12.8. The van der Waals surface area contributed by atoms with Gasteiger partial charge in [0.05, 0.1) is 16.6 Å². The molecule has 0 N–H and O–H groups in total. The quantitative estimate of drug-likeness (QED) is 0.531. The Balaban J connectivity index is 2.24. The third kappa shape index (κ3) is 2.93. The fourth-order valence-corrected chi connectivity index (χ4v) is 3.19. The number of aromatic nitrogens is 2. The van der Waals surface area contributed by atoms with Crippen LogP contribution >= 0.6 is 23.4 Å². The Morgan fingerprint density at radius 2 is 1.82 bits per heavy atom. The van der Waals surface area contributed by atoms with Gasteiger partial charge in [0.1, 0.15) is 0 Å². The number of fused-ring (bicyclic) bond motifs is 1. The highest BCUT2D eigenvalue weighted by atomic mass is 35.5. The lowest BCUT2D eigenvalue weighted by Gasteiger charge is -2.12. The number of rotatable bonds is 4. The molecule has 3 aromatic rings. The zero-order valence-corrected chi connectivity index (χ0v) is 13.2. The van der Waals surface area contributed by atoms with Crippen LogP contribution in [0.2, 0.25) is 0 Å². The van der Waals surface area contributed by atoms with Gasteiger partial charge in [-0.25, -0.2) is 4.98 Å². The van der Waals surface area contributed by atoms with Crippen LogP contribution in [0, 0.1) is 0 Å². The van der Waals surface area contributed by atoms with Crippen LogP contribution in [-0.4, -0.2) is 15.3 Å². The first-order valence-electron chi connectivity index (χ1n) is 6.76. The largest absolute Gasteiger partial charge is 0.268 e. The molecule has 0 atom stereocenters. The first-order chi connectivity index (χ1) is 10.8. The van der Waals surface area contributed by atoms with Crippen LogP contribution in [0.3, 0.4) is 0 Å². The van der Waals surface area contributed by atoms with E-state index in [1.54, 1.807) is 10.6 Å². The van der Waals surface area contributed by atoms with Crippen LogP contribution in [0.1, 0.15) is 0 Å². The molecule has 0 bridgehead atoms. The van der Waals surface area contributed by atoms with Gasteiger partial charge >= 0.3 is 0 Å². The number of hydrogen-bond donors (Lipinski definition) is 0. The Morgan fingerprint density at radius 1 is 1.09 bits per heavy atom. The van der Waals surface area contributed by atoms with Crippen molar-refractivity contribution >= 4 is 34.3 Å². The highest BCUT2D eigenvalue weighted by Gasteiger charge is 2.12. The van der Waals surface area contributed by atoms with E-state index in [-0.39, 0.29) is 5.56 Å². The van der Waals surface area contributed by atoms with Gasteiger partial charge in [-0.3, -0.25) is 9.36 Å². The molecular formula is C17H13ClN2OS. The average Bonchev–Trinajstić information content (AvgIpc) is 2.56. The molecule has 1 heterocycles. The van der Waals surface area contributed by atoms with Gasteiger partial charge in [0.15, 0.2) is 5.16 Å². The van der Waals surface area contributed by atoms with Crippen LogP contribution in [0.4, 0.5) is 0 Å². The van der Waals surface area contributed by atoms with Crippen molar-refractivity contribution < 1.29 is 0 Å². The number of thioether (sulfide) groups is 1. The van der Waals surface area contributed by atoms with Crippen LogP contribution in [0.25, 0.3) is 16.6 Å². The number of nitrogens with zero attached hydrogens (tertiary/aromatic N) is 2. The summed E-state index contributed by atoms with van der Waals surface area (Å²) in [6.45, 7) is 0. The average molecular weight is 329 g/mol. The van der Waals surface area contributed by atoms with E-state index in [2.05, 4.69) is 4.98 Å². The van der Waals surface area contributed by atoms with Gasteiger partial charge in [-0.1, -0.05) is 59.8 Å². The molecule has 0 spiro atoms. The molecule has 5 heteroatoms. The molecule has 2 aromatic carbocycles. The third-order valence-electron chi connectivity index (χ3n) is 3.16. The molecule has 3 nitrogen and oxygen atoms in total. The summed E-state index contributed by atoms with van der Waals surface area (Å²) in [5.41, 5.74) is 2.92. The molecule has 0 aliphatic heterocycles. The molecule has 3 rings (SSSR count). The van der Waals surface area contributed by atoms with Gasteiger partial charge in [-0.05, 0) is 24.3 Å². The Bertz CT molecular complexity index is 875. The van der Waals surface area contributed by atoms with Crippen LogP contribution in [0.5, 0.6) is 0 Å². The SMILES string of the molecule is O=c1c2ccccc2nc(SC/C=C/Cl)n1-c1ccccc1. The fraction of sp³-hybridized carbons (Fsp3) is 0.0588. The minimum Gasteiger partial charge on any atom is -0.268 e. The molecule has 0 amide bonds. The molecule has 0 aliphatic rings. The summed E-state index contributed by atoms with van der Waals surface area (Å²) in [5.74, 6) is 0.654. The molecule has 0 unspecified atom stereocenters. The first-order valence-corrected chi connectivity index (χ1v) is 8.18. The third-order valence-corrected chi connectivity index (χ3v) is 4.23. The lowest BCUT2D eigenvalue weighted by molar-refractivity contribution is 0.821. The van der Waals surface area contributed by atoms with Gasteiger partial charge in [-0.2, -0.15) is 0 Å². The Labute approximate surface area is 137 Å². The molecular weight excluding hydrogens is 316 g/mol. The van der Waals surface area contributed by atoms with Crippen LogP contribution in [-0.2, 0) is 0 Å². The van der Waals surface area contributed by atoms with Crippen molar-refractivity contribution in [2.45, 2.75) is 5.16 Å². The van der Waals surface area contributed by atoms with Gasteiger partial charge in [0.25, 0.3) is 5.56 Å². The molecule has 0 fully saturated rings. The molecule has 0 saturated heterocycles. The zero-order valence-electron chi connectivity index (χ0n) is 11.6. The van der Waals surface area contributed by atoms with E-state index in [0.717, 1.165) is 5.69 Å². The molecule has 0 radical (unpaired) electrons. The Hall–Kier alpha value is -2.04. The van der Waals surface area contributed by atoms with E-state index in [1.807, 2.05) is 54.6 Å². The summed E-state index contributed by atoms with van der Waals surface area (Å²) in [7, 11) is 0. The first kappa shape index (κ1) is 14.9. The lowest BCUT2D eigenvalue weighted by atomic mass is 10.2.